The van der Waals surface area contributed by atoms with Crippen LogP contribution in [0.2, 0.25) is 0 Å². The molecule has 6 heteroatoms. The lowest BCUT2D eigenvalue weighted by molar-refractivity contribution is -0.0126. The van der Waals surface area contributed by atoms with Gasteiger partial charge in [-0.05, 0) is 13.0 Å². The lowest BCUT2D eigenvalue weighted by Crippen LogP contribution is -2.44. The first kappa shape index (κ1) is 11.9. The van der Waals surface area contributed by atoms with Gasteiger partial charge in [0.15, 0.2) is 5.82 Å². The summed E-state index contributed by atoms with van der Waals surface area (Å²) in [6, 6.07) is 1.18. The Morgan fingerprint density at radius 3 is 3.06 bits per heavy atom. The van der Waals surface area contributed by atoms with Crippen molar-refractivity contribution in [1.29, 1.82) is 0 Å². The quantitative estimate of drug-likeness (QED) is 0.695. The molecular weight excluding hydrogens is 230 g/mol. The van der Waals surface area contributed by atoms with E-state index in [4.69, 9.17) is 4.74 Å². The molecule has 1 saturated heterocycles. The van der Waals surface area contributed by atoms with E-state index in [1.54, 1.807) is 0 Å². The second kappa shape index (κ2) is 4.75. The predicted octanol–water partition coefficient (Wildman–Crippen LogP) is 1.22. The Labute approximate surface area is 97.2 Å². The maximum Gasteiger partial charge on any atom is 0.257 e. The fourth-order valence-electron chi connectivity index (χ4n) is 1.76. The molecule has 0 saturated carbocycles. The number of pyridine rings is 1. The minimum Gasteiger partial charge on any atom is -0.375 e. The van der Waals surface area contributed by atoms with Gasteiger partial charge in [0, 0.05) is 19.3 Å². The monoisotopic (exact) mass is 242 g/mol. The largest absolute Gasteiger partial charge is 0.375 e. The Bertz CT molecular complexity index is 439. The Morgan fingerprint density at radius 2 is 2.35 bits per heavy atom. The number of aromatic nitrogens is 1. The van der Waals surface area contributed by atoms with Crippen molar-refractivity contribution >= 4 is 5.91 Å². The zero-order chi connectivity index (χ0) is 12.4. The molecule has 2 rings (SSSR count). The van der Waals surface area contributed by atoms with Crippen LogP contribution in [-0.2, 0) is 4.74 Å². The molecule has 1 aliphatic heterocycles. The van der Waals surface area contributed by atoms with Crippen molar-refractivity contribution in [2.45, 2.75) is 13.0 Å². The van der Waals surface area contributed by atoms with Crippen LogP contribution in [0.4, 0.5) is 8.78 Å². The van der Waals surface area contributed by atoms with Crippen molar-refractivity contribution in [3.8, 4) is 0 Å². The predicted molar refractivity (Wildman–Crippen MR) is 55.5 cm³/mol. The average Bonchev–Trinajstić information content (AvgIpc) is 2.32. The van der Waals surface area contributed by atoms with E-state index < -0.39 is 17.7 Å². The number of hydrogen-bond acceptors (Lipinski definition) is 3. The number of carbonyl (C=O) groups excluding carboxylic acids is 1. The van der Waals surface area contributed by atoms with E-state index in [1.165, 1.54) is 11.0 Å². The second-order valence-electron chi connectivity index (χ2n) is 3.90. The number of rotatable bonds is 1. The van der Waals surface area contributed by atoms with Crippen LogP contribution in [0, 0.1) is 11.8 Å². The topological polar surface area (TPSA) is 42.4 Å². The summed E-state index contributed by atoms with van der Waals surface area (Å²) < 4.78 is 31.6. The molecule has 1 atom stereocenters. The lowest BCUT2D eigenvalue weighted by Gasteiger charge is -2.31. The van der Waals surface area contributed by atoms with E-state index in [-0.39, 0.29) is 11.7 Å². The molecular formula is C11H12F2N2O2. The maximum atomic E-state index is 13.4. The van der Waals surface area contributed by atoms with Gasteiger partial charge >= 0.3 is 0 Å². The van der Waals surface area contributed by atoms with Gasteiger partial charge in [-0.1, -0.05) is 0 Å². The molecule has 0 N–H and O–H groups in total. The van der Waals surface area contributed by atoms with Gasteiger partial charge < -0.3 is 9.64 Å². The van der Waals surface area contributed by atoms with E-state index in [0.717, 1.165) is 6.20 Å². The molecule has 1 aromatic heterocycles. The SMILES string of the molecule is CC1CN(C(=O)c2ccnc(F)c2F)CCO1. The molecule has 0 aliphatic carbocycles. The smallest absolute Gasteiger partial charge is 0.257 e. The summed E-state index contributed by atoms with van der Waals surface area (Å²) >= 11 is 0. The van der Waals surface area contributed by atoms with Crippen molar-refractivity contribution in [3.05, 3.63) is 29.6 Å². The van der Waals surface area contributed by atoms with Crippen LogP contribution in [0.3, 0.4) is 0 Å². The molecule has 0 aromatic carbocycles. The van der Waals surface area contributed by atoms with Gasteiger partial charge in [-0.25, -0.2) is 9.37 Å². The number of amides is 1. The highest BCUT2D eigenvalue weighted by Crippen LogP contribution is 2.14. The summed E-state index contributed by atoms with van der Waals surface area (Å²) in [6.07, 6.45) is 0.984. The molecule has 17 heavy (non-hydrogen) atoms. The highest BCUT2D eigenvalue weighted by atomic mass is 19.2. The van der Waals surface area contributed by atoms with Crippen molar-refractivity contribution < 1.29 is 18.3 Å². The summed E-state index contributed by atoms with van der Waals surface area (Å²) in [7, 11) is 0. The van der Waals surface area contributed by atoms with Crippen molar-refractivity contribution in [2.75, 3.05) is 19.7 Å². The third-order valence-corrected chi connectivity index (χ3v) is 2.61. The molecule has 2 heterocycles. The Hall–Kier alpha value is -1.56. The molecule has 92 valence electrons. The van der Waals surface area contributed by atoms with Gasteiger partial charge in [-0.15, -0.1) is 0 Å². The number of carbonyl (C=O) groups is 1. The average molecular weight is 242 g/mol. The van der Waals surface area contributed by atoms with Crippen LogP contribution >= 0.6 is 0 Å². The van der Waals surface area contributed by atoms with Crippen LogP contribution in [0.15, 0.2) is 12.3 Å². The number of halogens is 2. The van der Waals surface area contributed by atoms with Gasteiger partial charge in [0.2, 0.25) is 5.95 Å². The highest BCUT2D eigenvalue weighted by molar-refractivity contribution is 5.94. The first-order chi connectivity index (χ1) is 8.09. The van der Waals surface area contributed by atoms with Gasteiger partial charge in [0.25, 0.3) is 5.91 Å². The summed E-state index contributed by atoms with van der Waals surface area (Å²) in [5.41, 5.74) is -0.286. The van der Waals surface area contributed by atoms with Crippen LogP contribution in [0.1, 0.15) is 17.3 Å². The summed E-state index contributed by atoms with van der Waals surface area (Å²) in [4.78, 5) is 16.5. The molecule has 4 nitrogen and oxygen atoms in total. The molecule has 1 amide bonds. The van der Waals surface area contributed by atoms with Crippen LogP contribution in [0.25, 0.3) is 0 Å². The van der Waals surface area contributed by atoms with Gasteiger partial charge in [0.05, 0.1) is 18.3 Å². The number of morpholine rings is 1. The van der Waals surface area contributed by atoms with Crippen LogP contribution in [-0.4, -0.2) is 41.6 Å². The third kappa shape index (κ3) is 2.41. The zero-order valence-electron chi connectivity index (χ0n) is 9.32. The third-order valence-electron chi connectivity index (χ3n) is 2.61. The van der Waals surface area contributed by atoms with E-state index in [2.05, 4.69) is 4.98 Å². The summed E-state index contributed by atoms with van der Waals surface area (Å²) in [5, 5.41) is 0. The molecule has 1 aliphatic rings. The van der Waals surface area contributed by atoms with E-state index in [1.807, 2.05) is 6.92 Å². The van der Waals surface area contributed by atoms with Crippen LogP contribution < -0.4 is 0 Å². The molecule has 0 bridgehead atoms. The first-order valence-corrected chi connectivity index (χ1v) is 5.30. The second-order valence-corrected chi connectivity index (χ2v) is 3.90. The van der Waals surface area contributed by atoms with Gasteiger partial charge in [0.1, 0.15) is 0 Å². The summed E-state index contributed by atoms with van der Waals surface area (Å²) in [5.74, 6) is -2.98. The van der Waals surface area contributed by atoms with Gasteiger partial charge in [-0.3, -0.25) is 4.79 Å². The number of hydrogen-bond donors (Lipinski definition) is 0. The number of nitrogens with zero attached hydrogens (tertiary/aromatic N) is 2. The first-order valence-electron chi connectivity index (χ1n) is 5.30. The lowest BCUT2D eigenvalue weighted by atomic mass is 10.2. The van der Waals surface area contributed by atoms with Crippen molar-refractivity contribution in [2.24, 2.45) is 0 Å². The Morgan fingerprint density at radius 1 is 1.59 bits per heavy atom. The Kier molecular flexibility index (Phi) is 3.33. The zero-order valence-corrected chi connectivity index (χ0v) is 9.32. The minimum absolute atomic E-state index is 0.0950. The van der Waals surface area contributed by atoms with E-state index >= 15 is 0 Å². The Balaban J connectivity index is 2.22. The fourth-order valence-corrected chi connectivity index (χ4v) is 1.76. The van der Waals surface area contributed by atoms with Crippen LogP contribution in [0.5, 0.6) is 0 Å². The normalized spacial score (nSPS) is 20.4. The molecule has 1 aromatic rings. The van der Waals surface area contributed by atoms with Gasteiger partial charge in [-0.2, -0.15) is 4.39 Å². The van der Waals surface area contributed by atoms with E-state index in [0.29, 0.717) is 19.7 Å². The maximum absolute atomic E-state index is 13.4. The van der Waals surface area contributed by atoms with Crippen molar-refractivity contribution in [1.82, 2.24) is 9.88 Å². The fraction of sp³-hybridized carbons (Fsp3) is 0.455. The standard InChI is InChI=1S/C11H12F2N2O2/c1-7-6-15(4-5-17-7)11(16)8-2-3-14-10(13)9(8)12/h2-3,7H,4-6H2,1H3. The highest BCUT2D eigenvalue weighted by Gasteiger charge is 2.25. The van der Waals surface area contributed by atoms with Crippen molar-refractivity contribution in [3.63, 3.8) is 0 Å². The minimum atomic E-state index is -1.25. The molecule has 1 unspecified atom stereocenters. The molecule has 1 fully saturated rings. The van der Waals surface area contributed by atoms with E-state index in [9.17, 15) is 13.6 Å². The summed E-state index contributed by atoms with van der Waals surface area (Å²) in [6.45, 7) is 2.99. The number of ether oxygens (including phenoxy) is 1. The molecule has 0 radical (unpaired) electrons. The molecule has 0 spiro atoms.